The van der Waals surface area contributed by atoms with Crippen LogP contribution in [0.15, 0.2) is 59.4 Å². The second-order valence-corrected chi connectivity index (χ2v) is 6.91. The number of non-ortho nitro benzene ring substituents is 1. The molecule has 2 aromatic carbocycles. The van der Waals surface area contributed by atoms with E-state index >= 15 is 0 Å². The molecule has 1 aliphatic heterocycles. The first kappa shape index (κ1) is 17.0. The monoisotopic (exact) mass is 382 g/mol. The van der Waals surface area contributed by atoms with E-state index in [1.807, 2.05) is 30.3 Å². The van der Waals surface area contributed by atoms with E-state index in [-0.39, 0.29) is 16.5 Å². The molecular formula is C19H14N2O5S. The standard InChI is InChI=1S/C19H14N2O5S/c1-25-14-7-5-11(6-8-14)15-10-16(26-18-17(15)27-19(22)20-18)12-3-2-4-13(9-12)21(23)24/h2-10,15H,1H3,(H,20,22). The van der Waals surface area contributed by atoms with Crippen molar-refractivity contribution in [3.05, 3.63) is 90.4 Å². The maximum atomic E-state index is 11.9. The fourth-order valence-electron chi connectivity index (χ4n) is 2.96. The van der Waals surface area contributed by atoms with Crippen LogP contribution in [-0.4, -0.2) is 17.0 Å². The highest BCUT2D eigenvalue weighted by Crippen LogP contribution is 2.41. The molecule has 136 valence electrons. The van der Waals surface area contributed by atoms with Gasteiger partial charge in [0.05, 0.1) is 16.9 Å². The Bertz CT molecular complexity index is 1100. The van der Waals surface area contributed by atoms with Crippen LogP contribution in [0.3, 0.4) is 0 Å². The number of aromatic nitrogens is 1. The van der Waals surface area contributed by atoms with Gasteiger partial charge in [0.2, 0.25) is 5.88 Å². The summed E-state index contributed by atoms with van der Waals surface area (Å²) in [5, 5.41) is 11.1. The number of hydrogen-bond acceptors (Lipinski definition) is 6. The number of ether oxygens (including phenoxy) is 2. The lowest BCUT2D eigenvalue weighted by Crippen LogP contribution is -2.09. The molecule has 0 saturated carbocycles. The van der Waals surface area contributed by atoms with Gasteiger partial charge in [-0.15, -0.1) is 0 Å². The first-order chi connectivity index (χ1) is 13.0. The van der Waals surface area contributed by atoms with Crippen LogP contribution in [0.1, 0.15) is 21.9 Å². The third kappa shape index (κ3) is 3.22. The van der Waals surface area contributed by atoms with E-state index in [0.29, 0.717) is 17.2 Å². The molecule has 0 radical (unpaired) electrons. The van der Waals surface area contributed by atoms with Gasteiger partial charge in [-0.3, -0.25) is 19.9 Å². The van der Waals surface area contributed by atoms with Crippen molar-refractivity contribution in [3.8, 4) is 11.6 Å². The molecule has 0 saturated heterocycles. The number of methoxy groups -OCH3 is 1. The molecule has 1 unspecified atom stereocenters. The zero-order valence-corrected chi connectivity index (χ0v) is 15.0. The van der Waals surface area contributed by atoms with Crippen molar-refractivity contribution in [3.63, 3.8) is 0 Å². The summed E-state index contributed by atoms with van der Waals surface area (Å²) in [6.45, 7) is 0. The average Bonchev–Trinajstić information content (AvgIpc) is 3.07. The zero-order chi connectivity index (χ0) is 19.0. The highest BCUT2D eigenvalue weighted by molar-refractivity contribution is 7.09. The maximum absolute atomic E-state index is 11.9. The Labute approximate surface area is 157 Å². The number of allylic oxidation sites excluding steroid dienone is 1. The Morgan fingerprint density at radius 2 is 2.00 bits per heavy atom. The number of nitro groups is 1. The van der Waals surface area contributed by atoms with E-state index in [9.17, 15) is 14.9 Å². The minimum atomic E-state index is -0.453. The fourth-order valence-corrected chi connectivity index (χ4v) is 3.82. The van der Waals surface area contributed by atoms with Gasteiger partial charge in [0, 0.05) is 23.6 Å². The first-order valence-electron chi connectivity index (χ1n) is 8.06. The van der Waals surface area contributed by atoms with Crippen molar-refractivity contribution in [2.75, 3.05) is 7.11 Å². The lowest BCUT2D eigenvalue weighted by Gasteiger charge is -2.22. The van der Waals surface area contributed by atoms with Crippen LogP contribution < -0.4 is 14.3 Å². The van der Waals surface area contributed by atoms with Crippen LogP contribution in [0.4, 0.5) is 5.69 Å². The smallest absolute Gasteiger partial charge is 0.307 e. The van der Waals surface area contributed by atoms with Gasteiger partial charge in [0.25, 0.3) is 5.69 Å². The molecule has 0 amide bonds. The molecular weight excluding hydrogens is 368 g/mol. The van der Waals surface area contributed by atoms with Crippen LogP contribution >= 0.6 is 11.3 Å². The summed E-state index contributed by atoms with van der Waals surface area (Å²) in [6.07, 6.45) is 1.87. The number of H-pyrrole nitrogens is 1. The van der Waals surface area contributed by atoms with Crippen LogP contribution in [0.5, 0.6) is 11.6 Å². The van der Waals surface area contributed by atoms with Gasteiger partial charge in [-0.05, 0) is 23.8 Å². The van der Waals surface area contributed by atoms with Crippen molar-refractivity contribution in [1.29, 1.82) is 0 Å². The third-order valence-electron chi connectivity index (χ3n) is 4.27. The molecule has 0 aliphatic carbocycles. The number of nitro benzene ring substituents is 1. The van der Waals surface area contributed by atoms with Gasteiger partial charge < -0.3 is 9.47 Å². The number of rotatable bonds is 4. The van der Waals surface area contributed by atoms with Crippen molar-refractivity contribution < 1.29 is 14.4 Å². The third-order valence-corrected chi connectivity index (χ3v) is 5.22. The molecule has 7 nitrogen and oxygen atoms in total. The number of hydrogen-bond donors (Lipinski definition) is 1. The number of nitrogens with zero attached hydrogens (tertiary/aromatic N) is 1. The Kier molecular flexibility index (Phi) is 4.25. The summed E-state index contributed by atoms with van der Waals surface area (Å²) in [5.74, 6) is 1.35. The van der Waals surface area contributed by atoms with Crippen molar-refractivity contribution in [1.82, 2.24) is 4.98 Å². The summed E-state index contributed by atoms with van der Waals surface area (Å²) < 4.78 is 11.0. The van der Waals surface area contributed by atoms with Crippen molar-refractivity contribution >= 4 is 22.8 Å². The molecule has 1 atom stereocenters. The summed E-state index contributed by atoms with van der Waals surface area (Å²) in [5.41, 5.74) is 1.50. The van der Waals surface area contributed by atoms with E-state index in [0.717, 1.165) is 27.5 Å². The Balaban J connectivity index is 1.81. The molecule has 8 heteroatoms. The van der Waals surface area contributed by atoms with Gasteiger partial charge >= 0.3 is 4.87 Å². The SMILES string of the molecule is COc1ccc(C2C=C(c3cccc([N+](=O)[O-])c3)Oc3[nH]c(=O)sc32)cc1. The Hall–Kier alpha value is -3.39. The van der Waals surface area contributed by atoms with Gasteiger partial charge in [0.15, 0.2) is 0 Å². The number of aromatic amines is 1. The summed E-state index contributed by atoms with van der Waals surface area (Å²) >= 11 is 1.09. The zero-order valence-electron chi connectivity index (χ0n) is 14.2. The summed E-state index contributed by atoms with van der Waals surface area (Å²) in [4.78, 5) is 25.7. The molecule has 0 spiro atoms. The van der Waals surface area contributed by atoms with Crippen LogP contribution in [0.25, 0.3) is 5.76 Å². The van der Waals surface area contributed by atoms with Crippen LogP contribution in [0, 0.1) is 10.1 Å². The number of thiazole rings is 1. The molecule has 27 heavy (non-hydrogen) atoms. The molecule has 0 bridgehead atoms. The molecule has 4 rings (SSSR count). The van der Waals surface area contributed by atoms with Crippen molar-refractivity contribution in [2.24, 2.45) is 0 Å². The predicted octanol–water partition coefficient (Wildman–Crippen LogP) is 3.92. The normalized spacial score (nSPS) is 15.4. The van der Waals surface area contributed by atoms with Crippen LogP contribution in [0.2, 0.25) is 0 Å². The van der Waals surface area contributed by atoms with E-state index in [2.05, 4.69) is 4.98 Å². The number of benzene rings is 2. The van der Waals surface area contributed by atoms with E-state index < -0.39 is 4.92 Å². The predicted molar refractivity (Wildman–Crippen MR) is 101 cm³/mol. The second kappa shape index (κ2) is 6.73. The Morgan fingerprint density at radius 1 is 1.22 bits per heavy atom. The summed E-state index contributed by atoms with van der Waals surface area (Å²) in [6, 6.07) is 13.7. The lowest BCUT2D eigenvalue weighted by atomic mass is 9.94. The van der Waals surface area contributed by atoms with Gasteiger partial charge in [0.1, 0.15) is 11.5 Å². The quantitative estimate of drug-likeness (QED) is 0.545. The van der Waals surface area contributed by atoms with Crippen molar-refractivity contribution in [2.45, 2.75) is 5.92 Å². The topological polar surface area (TPSA) is 94.5 Å². The van der Waals surface area contributed by atoms with E-state index in [4.69, 9.17) is 9.47 Å². The van der Waals surface area contributed by atoms with Gasteiger partial charge in [-0.25, -0.2) is 0 Å². The molecule has 0 fully saturated rings. The molecule has 1 N–H and O–H groups in total. The largest absolute Gasteiger partial charge is 0.497 e. The minimum Gasteiger partial charge on any atom is -0.497 e. The van der Waals surface area contributed by atoms with E-state index in [1.165, 1.54) is 12.1 Å². The van der Waals surface area contributed by atoms with Gasteiger partial charge in [-0.2, -0.15) is 0 Å². The summed E-state index contributed by atoms with van der Waals surface area (Å²) in [7, 11) is 1.60. The Morgan fingerprint density at radius 3 is 2.70 bits per heavy atom. The van der Waals surface area contributed by atoms with Gasteiger partial charge in [-0.1, -0.05) is 35.6 Å². The minimum absolute atomic E-state index is 0.0254. The molecule has 2 heterocycles. The molecule has 3 aromatic rings. The highest BCUT2D eigenvalue weighted by atomic mass is 32.1. The molecule has 1 aliphatic rings. The lowest BCUT2D eigenvalue weighted by molar-refractivity contribution is -0.384. The fraction of sp³-hybridized carbons (Fsp3) is 0.105. The number of nitrogens with one attached hydrogen (secondary N) is 1. The maximum Gasteiger partial charge on any atom is 0.307 e. The second-order valence-electron chi connectivity index (χ2n) is 5.90. The van der Waals surface area contributed by atoms with E-state index in [1.54, 1.807) is 19.2 Å². The highest BCUT2D eigenvalue weighted by Gasteiger charge is 2.28. The average molecular weight is 382 g/mol. The van der Waals surface area contributed by atoms with Crippen LogP contribution in [-0.2, 0) is 0 Å². The number of fused-ring (bicyclic) bond motifs is 1. The molecule has 1 aromatic heterocycles. The first-order valence-corrected chi connectivity index (χ1v) is 8.88.